The quantitative estimate of drug-likeness (QED) is 0.453. The molecule has 3 unspecified atom stereocenters. The smallest absolute Gasteiger partial charge is 0.326 e. The van der Waals surface area contributed by atoms with Crippen LogP contribution in [0.5, 0.6) is 0 Å². The molecule has 1 aliphatic rings. The number of aliphatic hydroxyl groups is 1. The van der Waals surface area contributed by atoms with E-state index < -0.39 is 36.0 Å². The van der Waals surface area contributed by atoms with Gasteiger partial charge in [-0.25, -0.2) is 4.79 Å². The van der Waals surface area contributed by atoms with Gasteiger partial charge in [-0.05, 0) is 19.8 Å². The third kappa shape index (κ3) is 3.90. The van der Waals surface area contributed by atoms with E-state index in [9.17, 15) is 14.4 Å². The Morgan fingerprint density at radius 1 is 1.47 bits per heavy atom. The summed E-state index contributed by atoms with van der Waals surface area (Å²) in [6.45, 7) is 1.42. The minimum atomic E-state index is -1.11. The van der Waals surface area contributed by atoms with E-state index in [1.54, 1.807) is 0 Å². The van der Waals surface area contributed by atoms with Crippen LogP contribution in [0.3, 0.4) is 0 Å². The first-order valence-corrected chi connectivity index (χ1v) is 6.08. The average Bonchev–Trinajstić information content (AvgIpc) is 2.83. The van der Waals surface area contributed by atoms with Gasteiger partial charge in [0.05, 0.1) is 12.6 Å². The summed E-state index contributed by atoms with van der Waals surface area (Å²) in [5.74, 6) is -2.15. The van der Waals surface area contributed by atoms with Gasteiger partial charge >= 0.3 is 5.97 Å². The number of hydrogen-bond acceptors (Lipinski definition) is 5. The Labute approximate surface area is 110 Å². The van der Waals surface area contributed by atoms with Gasteiger partial charge in [0.1, 0.15) is 12.1 Å². The Kier molecular flexibility index (Phi) is 5.25. The summed E-state index contributed by atoms with van der Waals surface area (Å²) in [6, 6.07) is -1.93. The lowest BCUT2D eigenvalue weighted by Crippen LogP contribution is -2.51. The van der Waals surface area contributed by atoms with E-state index in [1.807, 2.05) is 0 Å². The Hall–Kier alpha value is -1.67. The molecule has 0 bridgehead atoms. The van der Waals surface area contributed by atoms with Crippen molar-refractivity contribution in [2.24, 2.45) is 5.73 Å². The van der Waals surface area contributed by atoms with Crippen LogP contribution in [0, 0.1) is 0 Å². The molecule has 0 spiro atoms. The van der Waals surface area contributed by atoms with Crippen LogP contribution in [0.25, 0.3) is 0 Å². The Morgan fingerprint density at radius 2 is 2.11 bits per heavy atom. The molecule has 1 heterocycles. The van der Waals surface area contributed by atoms with Gasteiger partial charge in [-0.3, -0.25) is 9.59 Å². The first-order chi connectivity index (χ1) is 8.84. The fourth-order valence-corrected chi connectivity index (χ4v) is 1.92. The van der Waals surface area contributed by atoms with Crippen molar-refractivity contribution in [3.8, 4) is 0 Å². The molecule has 5 N–H and O–H groups in total. The summed E-state index contributed by atoms with van der Waals surface area (Å²) in [7, 11) is 0. The topological polar surface area (TPSA) is 133 Å². The SMILES string of the molecule is CC(O)C(N)C(=O)NCC(=O)N1CCCC1C(=O)O. The summed E-state index contributed by atoms with van der Waals surface area (Å²) in [6.07, 6.45) is 0.0279. The molecule has 0 aromatic rings. The maximum absolute atomic E-state index is 11.8. The van der Waals surface area contributed by atoms with Crippen molar-refractivity contribution >= 4 is 17.8 Å². The van der Waals surface area contributed by atoms with Crippen LogP contribution in [0.1, 0.15) is 19.8 Å². The van der Waals surface area contributed by atoms with Gasteiger partial charge in [-0.2, -0.15) is 0 Å². The molecule has 0 aromatic heterocycles. The summed E-state index contributed by atoms with van der Waals surface area (Å²) < 4.78 is 0. The molecule has 0 aliphatic carbocycles. The monoisotopic (exact) mass is 273 g/mol. The standard InChI is InChI=1S/C11H19N3O5/c1-6(15)9(12)10(17)13-5-8(16)14-4-2-3-7(14)11(18)19/h6-7,9,15H,2-5,12H2,1H3,(H,13,17)(H,18,19). The molecule has 1 rings (SSSR count). The summed E-state index contributed by atoms with van der Waals surface area (Å²) in [4.78, 5) is 35.4. The zero-order valence-electron chi connectivity index (χ0n) is 10.7. The van der Waals surface area contributed by atoms with Gasteiger partial charge in [0, 0.05) is 6.54 Å². The van der Waals surface area contributed by atoms with E-state index in [2.05, 4.69) is 5.32 Å². The summed E-state index contributed by atoms with van der Waals surface area (Å²) >= 11 is 0. The highest BCUT2D eigenvalue weighted by Gasteiger charge is 2.34. The fraction of sp³-hybridized carbons (Fsp3) is 0.727. The lowest BCUT2D eigenvalue weighted by molar-refractivity contribution is -0.148. The zero-order chi connectivity index (χ0) is 14.6. The molecule has 108 valence electrons. The Morgan fingerprint density at radius 3 is 2.63 bits per heavy atom. The van der Waals surface area contributed by atoms with Crippen LogP contribution in [-0.2, 0) is 14.4 Å². The van der Waals surface area contributed by atoms with Crippen molar-refractivity contribution in [1.29, 1.82) is 0 Å². The Balaban J connectivity index is 2.47. The minimum Gasteiger partial charge on any atom is -0.480 e. The van der Waals surface area contributed by atoms with Crippen LogP contribution >= 0.6 is 0 Å². The third-order valence-corrected chi connectivity index (χ3v) is 3.09. The van der Waals surface area contributed by atoms with Crippen LogP contribution in [0.15, 0.2) is 0 Å². The normalized spacial score (nSPS) is 21.8. The minimum absolute atomic E-state index is 0.316. The van der Waals surface area contributed by atoms with Crippen LogP contribution in [0.4, 0.5) is 0 Å². The number of carboxylic acids is 1. The van der Waals surface area contributed by atoms with Gasteiger partial charge in [-0.15, -0.1) is 0 Å². The van der Waals surface area contributed by atoms with Crippen molar-refractivity contribution in [2.75, 3.05) is 13.1 Å². The van der Waals surface area contributed by atoms with E-state index in [-0.39, 0.29) is 6.54 Å². The maximum Gasteiger partial charge on any atom is 0.326 e. The number of carboxylic acid groups (broad SMARTS) is 1. The van der Waals surface area contributed by atoms with E-state index in [0.29, 0.717) is 19.4 Å². The molecule has 19 heavy (non-hydrogen) atoms. The molecule has 1 aliphatic heterocycles. The van der Waals surface area contributed by atoms with Gasteiger partial charge in [0.2, 0.25) is 11.8 Å². The maximum atomic E-state index is 11.8. The summed E-state index contributed by atoms with van der Waals surface area (Å²) in [5, 5.41) is 20.4. The highest BCUT2D eigenvalue weighted by Crippen LogP contribution is 2.17. The van der Waals surface area contributed by atoms with E-state index in [4.69, 9.17) is 15.9 Å². The predicted molar refractivity (Wildman–Crippen MR) is 65.0 cm³/mol. The molecule has 1 saturated heterocycles. The first-order valence-electron chi connectivity index (χ1n) is 6.08. The molecule has 0 radical (unpaired) electrons. The number of aliphatic hydroxyl groups excluding tert-OH is 1. The highest BCUT2D eigenvalue weighted by molar-refractivity contribution is 5.90. The number of hydrogen-bond donors (Lipinski definition) is 4. The number of carbonyl (C=O) groups excluding carboxylic acids is 2. The van der Waals surface area contributed by atoms with Gasteiger partial charge in [-0.1, -0.05) is 0 Å². The van der Waals surface area contributed by atoms with E-state index in [1.165, 1.54) is 11.8 Å². The van der Waals surface area contributed by atoms with E-state index >= 15 is 0 Å². The molecular weight excluding hydrogens is 254 g/mol. The van der Waals surface area contributed by atoms with Crippen molar-refractivity contribution in [1.82, 2.24) is 10.2 Å². The van der Waals surface area contributed by atoms with Gasteiger partial charge < -0.3 is 26.2 Å². The predicted octanol–water partition coefficient (Wildman–Crippen LogP) is -2.11. The van der Waals surface area contributed by atoms with Crippen LogP contribution in [0.2, 0.25) is 0 Å². The van der Waals surface area contributed by atoms with Crippen molar-refractivity contribution in [3.63, 3.8) is 0 Å². The molecular formula is C11H19N3O5. The molecule has 0 saturated carbocycles. The van der Waals surface area contributed by atoms with Gasteiger partial charge in [0.25, 0.3) is 0 Å². The third-order valence-electron chi connectivity index (χ3n) is 3.09. The number of aliphatic carboxylic acids is 1. The molecule has 8 nitrogen and oxygen atoms in total. The molecule has 2 amide bonds. The molecule has 0 aromatic carbocycles. The van der Waals surface area contributed by atoms with Crippen LogP contribution < -0.4 is 11.1 Å². The van der Waals surface area contributed by atoms with E-state index in [0.717, 1.165) is 0 Å². The summed E-state index contributed by atoms with van der Waals surface area (Å²) in [5.41, 5.74) is 5.39. The number of amides is 2. The number of carbonyl (C=O) groups is 3. The number of rotatable bonds is 5. The number of nitrogens with zero attached hydrogens (tertiary/aromatic N) is 1. The second kappa shape index (κ2) is 6.48. The lowest BCUT2D eigenvalue weighted by atomic mass is 10.2. The van der Waals surface area contributed by atoms with Crippen molar-refractivity contribution in [3.05, 3.63) is 0 Å². The second-order valence-corrected chi connectivity index (χ2v) is 4.57. The number of nitrogens with one attached hydrogen (secondary N) is 1. The number of nitrogens with two attached hydrogens (primary N) is 1. The molecule has 8 heteroatoms. The Bertz CT molecular complexity index is 371. The largest absolute Gasteiger partial charge is 0.480 e. The van der Waals surface area contributed by atoms with Crippen molar-refractivity contribution in [2.45, 2.75) is 38.0 Å². The zero-order valence-corrected chi connectivity index (χ0v) is 10.7. The van der Waals surface area contributed by atoms with Gasteiger partial charge in [0.15, 0.2) is 0 Å². The lowest BCUT2D eigenvalue weighted by Gasteiger charge is -2.22. The van der Waals surface area contributed by atoms with Crippen molar-refractivity contribution < 1.29 is 24.6 Å². The fourth-order valence-electron chi connectivity index (χ4n) is 1.92. The molecule has 1 fully saturated rings. The average molecular weight is 273 g/mol. The second-order valence-electron chi connectivity index (χ2n) is 4.57. The molecule has 3 atom stereocenters. The van der Waals surface area contributed by atoms with Crippen LogP contribution in [-0.4, -0.2) is 64.2 Å². The number of likely N-dealkylation sites (tertiary alicyclic amines) is 1. The highest BCUT2D eigenvalue weighted by atomic mass is 16.4. The first kappa shape index (κ1) is 15.4.